The van der Waals surface area contributed by atoms with Gasteiger partial charge >= 0.3 is 0 Å². The molecule has 287 valence electrons. The van der Waals surface area contributed by atoms with Crippen molar-refractivity contribution >= 4 is 46.6 Å². The van der Waals surface area contributed by atoms with Crippen LogP contribution in [0.3, 0.4) is 0 Å². The second kappa shape index (κ2) is 16.3. The normalized spacial score (nSPS) is 15.5. The number of para-hydroxylation sites is 2. The summed E-state index contributed by atoms with van der Waals surface area (Å²) in [6.45, 7) is 10.1. The van der Waals surface area contributed by atoms with Gasteiger partial charge < -0.3 is 9.40 Å². The van der Waals surface area contributed by atoms with E-state index in [9.17, 15) is 0 Å². The van der Waals surface area contributed by atoms with E-state index in [-0.39, 0.29) is 31.6 Å². The van der Waals surface area contributed by atoms with Crippen LogP contribution in [0.2, 0.25) is 19.6 Å². The fourth-order valence-corrected chi connectivity index (χ4v) is 8.78. The van der Waals surface area contributed by atoms with E-state index < -0.39 is 26.7 Å². The molecular formula is C52H48IrN2OSi-2. The molecule has 0 fully saturated rings. The molecule has 1 atom stereocenters. The first-order chi connectivity index (χ1) is 28.9. The monoisotopic (exact) mass is 942 g/mol. The summed E-state index contributed by atoms with van der Waals surface area (Å²) in [5.41, 5.74) is 11.1. The second-order valence-electron chi connectivity index (χ2n) is 16.4. The van der Waals surface area contributed by atoms with Crippen molar-refractivity contribution in [1.29, 1.82) is 0 Å². The fraction of sp³-hybridized carbons (Fsp3) is 0.192. The number of benzene rings is 6. The number of aryl methyl sites for hydroxylation is 1. The Morgan fingerprint density at radius 1 is 0.789 bits per heavy atom. The van der Waals surface area contributed by atoms with E-state index in [4.69, 9.17) is 16.3 Å². The van der Waals surface area contributed by atoms with E-state index in [2.05, 4.69) is 116 Å². The molecule has 0 amide bonds. The number of pyridine rings is 1. The van der Waals surface area contributed by atoms with Gasteiger partial charge in [-0.3, -0.25) is 4.99 Å². The van der Waals surface area contributed by atoms with Crippen molar-refractivity contribution in [2.75, 3.05) is 0 Å². The second-order valence-corrected chi connectivity index (χ2v) is 21.4. The molecule has 0 bridgehead atoms. The predicted octanol–water partition coefficient (Wildman–Crippen LogP) is 13.3. The molecule has 2 aromatic heterocycles. The topological polar surface area (TPSA) is 38.4 Å². The molecule has 5 heteroatoms. The third-order valence-corrected chi connectivity index (χ3v) is 12.0. The number of aliphatic imine (C=N–C) groups is 1. The van der Waals surface area contributed by atoms with Crippen LogP contribution in [0.4, 0.5) is 5.69 Å². The Labute approximate surface area is 359 Å². The van der Waals surface area contributed by atoms with Gasteiger partial charge in [-0.1, -0.05) is 161 Å². The van der Waals surface area contributed by atoms with Gasteiger partial charge in [0.05, 0.1) is 19.3 Å². The van der Waals surface area contributed by atoms with E-state index >= 15 is 0 Å². The van der Waals surface area contributed by atoms with Crippen molar-refractivity contribution in [3.8, 4) is 22.4 Å². The van der Waals surface area contributed by atoms with Crippen molar-refractivity contribution in [3.63, 3.8) is 0 Å². The Kier molecular flexibility index (Phi) is 9.72. The molecule has 0 saturated carbocycles. The van der Waals surface area contributed by atoms with Gasteiger partial charge in [-0.2, -0.15) is 0 Å². The number of hydrogen-bond donors (Lipinski definition) is 0. The number of fused-ring (bicyclic) bond motifs is 4. The zero-order chi connectivity index (χ0) is 43.3. The molecule has 8 aromatic rings. The summed E-state index contributed by atoms with van der Waals surface area (Å²) in [5.74, 6) is 0.0242. The zero-order valence-electron chi connectivity index (χ0n) is 38.1. The molecule has 9 rings (SSSR count). The molecule has 0 spiro atoms. The Balaban J connectivity index is 0.000000189. The van der Waals surface area contributed by atoms with Gasteiger partial charge in [-0.15, -0.1) is 53.6 Å². The fourth-order valence-electron chi connectivity index (χ4n) is 7.38. The maximum absolute atomic E-state index is 8.79. The van der Waals surface area contributed by atoms with Crippen LogP contribution in [0.25, 0.3) is 44.3 Å². The Hall–Kier alpha value is -5.19. The van der Waals surface area contributed by atoms with E-state index in [1.165, 1.54) is 28.3 Å². The molecule has 1 aliphatic rings. The van der Waals surface area contributed by atoms with Crippen LogP contribution in [0.1, 0.15) is 61.4 Å². The quantitative estimate of drug-likeness (QED) is 0.123. The van der Waals surface area contributed by atoms with Crippen molar-refractivity contribution in [2.24, 2.45) is 10.4 Å². The first-order valence-corrected chi connectivity index (χ1v) is 22.6. The standard InChI is InChI=1S/C32H20NO.C20H28NSi.Ir/c1-2-9-21(10-3-1)22-17-19-23(20-18-22)30-26-12-4-6-15-28(26)33-31(30)27-14-8-13-25-24-11-5-7-16-29(24)34-32(25)27;1-15-8-10-16(11-9-15)18-12-17(13-20(2,3)4)19(14-21-18)22(5,6)7;/h1-13,15-20,30H;8-10,12,14H,13H2,1-7H3;/q2*-1;/i;1D3,13D2;. The van der Waals surface area contributed by atoms with E-state index in [0.717, 1.165) is 44.1 Å². The summed E-state index contributed by atoms with van der Waals surface area (Å²) in [7, 11) is -1.81. The van der Waals surface area contributed by atoms with E-state index in [0.29, 0.717) is 16.8 Å². The van der Waals surface area contributed by atoms with Gasteiger partial charge in [0.15, 0.2) is 0 Å². The summed E-state index contributed by atoms with van der Waals surface area (Å²) < 4.78 is 46.4. The van der Waals surface area contributed by atoms with Gasteiger partial charge in [-0.25, -0.2) is 0 Å². The van der Waals surface area contributed by atoms with Crippen LogP contribution >= 0.6 is 0 Å². The van der Waals surface area contributed by atoms with E-state index in [1.54, 1.807) is 18.3 Å². The van der Waals surface area contributed by atoms with Crippen LogP contribution in [0.5, 0.6) is 0 Å². The molecular weight excluding hydrogens is 889 g/mol. The maximum Gasteiger partial charge on any atom is 0.120 e. The average Bonchev–Trinajstić information content (AvgIpc) is 3.82. The minimum atomic E-state index is -2.17. The summed E-state index contributed by atoms with van der Waals surface area (Å²) in [6.07, 6.45) is 0.269. The molecule has 57 heavy (non-hydrogen) atoms. The van der Waals surface area contributed by atoms with Crippen molar-refractivity contribution in [3.05, 3.63) is 186 Å². The summed E-state index contributed by atoms with van der Waals surface area (Å²) in [4.78, 5) is 9.67. The molecule has 1 unspecified atom stereocenters. The Morgan fingerprint density at radius 2 is 1.51 bits per heavy atom. The molecule has 0 saturated heterocycles. The molecule has 3 nitrogen and oxygen atoms in total. The minimum absolute atomic E-state index is 0. The minimum Gasteiger partial charge on any atom is -0.501 e. The molecule has 0 N–H and O–H groups in total. The summed E-state index contributed by atoms with van der Waals surface area (Å²) in [6, 6.07) is 53.0. The SMILES string of the molecule is [2H]C([2H])([2H])c1c[c-]c(-c2cc(C([2H])([2H])C(C)(C)C)c([Si](C)(C)C)cn2)cc1.[Ir].[c-]1ccc2c(oc3ccccc32)c1C1=Nc2ccccc2C1c1ccc(-c2ccccc2)cc1. The van der Waals surface area contributed by atoms with Gasteiger partial charge in [-0.05, 0) is 62.8 Å². The molecule has 1 radical (unpaired) electrons. The van der Waals surface area contributed by atoms with Crippen molar-refractivity contribution < 1.29 is 31.4 Å². The van der Waals surface area contributed by atoms with Crippen LogP contribution in [0, 0.1) is 24.4 Å². The Morgan fingerprint density at radius 3 is 2.23 bits per heavy atom. The van der Waals surface area contributed by atoms with Gasteiger partial charge in [0.25, 0.3) is 0 Å². The molecule has 0 aliphatic carbocycles. The smallest absolute Gasteiger partial charge is 0.120 e. The number of nitrogens with zero attached hydrogens (tertiary/aromatic N) is 2. The molecule has 1 aliphatic heterocycles. The van der Waals surface area contributed by atoms with Crippen molar-refractivity contribution in [2.45, 2.75) is 59.6 Å². The van der Waals surface area contributed by atoms with Crippen LogP contribution in [-0.4, -0.2) is 18.8 Å². The first-order valence-electron chi connectivity index (χ1n) is 21.6. The van der Waals surface area contributed by atoms with Crippen LogP contribution in [0.15, 0.2) is 155 Å². The Bertz CT molecular complexity index is 2890. The zero-order valence-corrected chi connectivity index (χ0v) is 36.5. The predicted molar refractivity (Wildman–Crippen MR) is 238 cm³/mol. The van der Waals surface area contributed by atoms with Crippen molar-refractivity contribution in [1.82, 2.24) is 4.98 Å². The van der Waals surface area contributed by atoms with Gasteiger partial charge in [0.1, 0.15) is 5.58 Å². The van der Waals surface area contributed by atoms with Gasteiger partial charge in [0, 0.05) is 44.5 Å². The van der Waals surface area contributed by atoms with Crippen LogP contribution < -0.4 is 5.19 Å². The average molecular weight is 942 g/mol. The third kappa shape index (κ3) is 8.57. The van der Waals surface area contributed by atoms with Gasteiger partial charge in [0.2, 0.25) is 0 Å². The summed E-state index contributed by atoms with van der Waals surface area (Å²) >= 11 is 0. The third-order valence-electron chi connectivity index (χ3n) is 10.0. The number of aromatic nitrogens is 1. The van der Waals surface area contributed by atoms with E-state index in [1.807, 2.05) is 63.2 Å². The maximum atomic E-state index is 8.79. The number of hydrogen-bond acceptors (Lipinski definition) is 3. The number of furan rings is 1. The summed E-state index contributed by atoms with van der Waals surface area (Å²) in [5, 5.41) is 3.22. The molecule has 6 aromatic carbocycles. The number of rotatable bonds is 6. The largest absolute Gasteiger partial charge is 0.501 e. The molecule has 3 heterocycles. The van der Waals surface area contributed by atoms with Crippen LogP contribution in [-0.2, 0) is 26.5 Å². The first kappa shape index (κ1) is 33.9.